The Morgan fingerprint density at radius 3 is 2.86 bits per heavy atom. The average Bonchev–Trinajstić information content (AvgIpc) is 2.89. The zero-order valence-electron chi connectivity index (χ0n) is 12.3. The van der Waals surface area contributed by atoms with Crippen molar-refractivity contribution in [1.29, 1.82) is 0 Å². The number of methoxy groups -OCH3 is 1. The van der Waals surface area contributed by atoms with Gasteiger partial charge in [0, 0.05) is 10.4 Å². The Hall–Kier alpha value is -1.88. The number of aromatic nitrogens is 1. The zero-order valence-corrected chi connectivity index (χ0v) is 13.1. The standard InChI is InChI=1S/C16H19NO3S/c1-3-5-13-14(8-9-15(18)19)21-16(17-13)11-6-4-7-12(10-11)20-2/h4,6-7,10H,3,5,8-9H2,1-2H3,(H,18,19). The summed E-state index contributed by atoms with van der Waals surface area (Å²) in [6.07, 6.45) is 2.58. The molecule has 0 aliphatic heterocycles. The molecule has 0 radical (unpaired) electrons. The topological polar surface area (TPSA) is 59.4 Å². The van der Waals surface area contributed by atoms with E-state index in [0.717, 1.165) is 39.7 Å². The van der Waals surface area contributed by atoms with Crippen LogP contribution >= 0.6 is 11.3 Å². The molecule has 0 saturated carbocycles. The quantitative estimate of drug-likeness (QED) is 0.845. The third-order valence-electron chi connectivity index (χ3n) is 3.15. The highest BCUT2D eigenvalue weighted by Crippen LogP contribution is 2.31. The number of hydrogen-bond donors (Lipinski definition) is 1. The molecule has 0 bridgehead atoms. The van der Waals surface area contributed by atoms with Crippen molar-refractivity contribution >= 4 is 17.3 Å². The third-order valence-corrected chi connectivity index (χ3v) is 4.35. The molecule has 1 aromatic heterocycles. The first-order chi connectivity index (χ1) is 10.1. The minimum atomic E-state index is -0.770. The molecule has 0 atom stereocenters. The van der Waals surface area contributed by atoms with Gasteiger partial charge in [0.25, 0.3) is 0 Å². The first-order valence-electron chi connectivity index (χ1n) is 6.98. The summed E-state index contributed by atoms with van der Waals surface area (Å²) in [7, 11) is 1.64. The lowest BCUT2D eigenvalue weighted by molar-refractivity contribution is -0.136. The molecular formula is C16H19NO3S. The van der Waals surface area contributed by atoms with Gasteiger partial charge >= 0.3 is 5.97 Å². The summed E-state index contributed by atoms with van der Waals surface area (Å²) in [6.45, 7) is 2.10. The van der Waals surface area contributed by atoms with E-state index in [2.05, 4.69) is 6.92 Å². The number of thiazole rings is 1. The van der Waals surface area contributed by atoms with Gasteiger partial charge in [-0.05, 0) is 25.0 Å². The first-order valence-corrected chi connectivity index (χ1v) is 7.80. The molecule has 2 aromatic rings. The number of benzene rings is 1. The lowest BCUT2D eigenvalue weighted by Gasteiger charge is -2.01. The molecule has 0 spiro atoms. The summed E-state index contributed by atoms with van der Waals surface area (Å²) < 4.78 is 5.24. The van der Waals surface area contributed by atoms with Crippen molar-refractivity contribution in [2.24, 2.45) is 0 Å². The fourth-order valence-corrected chi connectivity index (χ4v) is 3.21. The molecule has 1 aromatic carbocycles. The largest absolute Gasteiger partial charge is 0.497 e. The number of rotatable bonds is 7. The van der Waals surface area contributed by atoms with E-state index in [1.807, 2.05) is 24.3 Å². The van der Waals surface area contributed by atoms with Gasteiger partial charge in [0.15, 0.2) is 0 Å². The number of nitrogens with zero attached hydrogens (tertiary/aromatic N) is 1. The van der Waals surface area contributed by atoms with Crippen LogP contribution in [0.1, 0.15) is 30.3 Å². The fourth-order valence-electron chi connectivity index (χ4n) is 2.11. The van der Waals surface area contributed by atoms with Crippen molar-refractivity contribution in [3.05, 3.63) is 34.8 Å². The summed E-state index contributed by atoms with van der Waals surface area (Å²) in [5.41, 5.74) is 2.04. The third kappa shape index (κ3) is 4.04. The van der Waals surface area contributed by atoms with Crippen LogP contribution in [0.15, 0.2) is 24.3 Å². The number of ether oxygens (including phenoxy) is 1. The minimum absolute atomic E-state index is 0.149. The Balaban J connectivity index is 2.30. The summed E-state index contributed by atoms with van der Waals surface area (Å²) in [6, 6.07) is 7.79. The summed E-state index contributed by atoms with van der Waals surface area (Å²) >= 11 is 1.58. The van der Waals surface area contributed by atoms with Crippen LogP contribution < -0.4 is 4.74 Å². The highest BCUT2D eigenvalue weighted by molar-refractivity contribution is 7.15. The smallest absolute Gasteiger partial charge is 0.303 e. The maximum absolute atomic E-state index is 10.8. The molecule has 2 rings (SSSR count). The molecule has 5 heteroatoms. The first kappa shape index (κ1) is 15.5. The van der Waals surface area contributed by atoms with E-state index in [1.165, 1.54) is 0 Å². The van der Waals surface area contributed by atoms with E-state index in [4.69, 9.17) is 14.8 Å². The molecule has 0 aliphatic carbocycles. The van der Waals surface area contributed by atoms with Gasteiger partial charge in [0.05, 0.1) is 19.2 Å². The molecule has 0 aliphatic rings. The van der Waals surface area contributed by atoms with Crippen LogP contribution in [-0.4, -0.2) is 23.2 Å². The summed E-state index contributed by atoms with van der Waals surface area (Å²) in [5, 5.41) is 9.78. The Morgan fingerprint density at radius 2 is 2.19 bits per heavy atom. The predicted octanol–water partition coefficient (Wildman–Crippen LogP) is 3.79. The van der Waals surface area contributed by atoms with Crippen molar-refractivity contribution in [3.63, 3.8) is 0 Å². The number of aryl methyl sites for hydroxylation is 2. The number of carbonyl (C=O) groups is 1. The number of aliphatic carboxylic acids is 1. The van der Waals surface area contributed by atoms with Crippen LogP contribution in [0.3, 0.4) is 0 Å². The molecule has 1 N–H and O–H groups in total. The van der Waals surface area contributed by atoms with Crippen molar-refractivity contribution in [2.75, 3.05) is 7.11 Å². The predicted molar refractivity (Wildman–Crippen MR) is 84.1 cm³/mol. The second-order valence-electron chi connectivity index (χ2n) is 4.76. The van der Waals surface area contributed by atoms with E-state index in [0.29, 0.717) is 6.42 Å². The minimum Gasteiger partial charge on any atom is -0.497 e. The van der Waals surface area contributed by atoms with Crippen molar-refractivity contribution in [1.82, 2.24) is 4.98 Å². The van der Waals surface area contributed by atoms with Crippen molar-refractivity contribution in [3.8, 4) is 16.3 Å². The van der Waals surface area contributed by atoms with Crippen LogP contribution in [0.2, 0.25) is 0 Å². The molecule has 0 unspecified atom stereocenters. The molecule has 1 heterocycles. The van der Waals surface area contributed by atoms with Gasteiger partial charge < -0.3 is 9.84 Å². The summed E-state index contributed by atoms with van der Waals surface area (Å²) in [4.78, 5) is 16.5. The highest BCUT2D eigenvalue weighted by atomic mass is 32.1. The highest BCUT2D eigenvalue weighted by Gasteiger charge is 2.13. The fraction of sp³-hybridized carbons (Fsp3) is 0.375. The lowest BCUT2D eigenvalue weighted by atomic mass is 10.1. The Morgan fingerprint density at radius 1 is 1.38 bits per heavy atom. The molecule has 0 fully saturated rings. The lowest BCUT2D eigenvalue weighted by Crippen LogP contribution is -1.98. The maximum Gasteiger partial charge on any atom is 0.303 e. The van der Waals surface area contributed by atoms with Gasteiger partial charge in [-0.25, -0.2) is 4.98 Å². The van der Waals surface area contributed by atoms with Gasteiger partial charge in [-0.15, -0.1) is 11.3 Å². The van der Waals surface area contributed by atoms with E-state index in [1.54, 1.807) is 18.4 Å². The monoisotopic (exact) mass is 305 g/mol. The SMILES string of the molecule is CCCc1nc(-c2cccc(OC)c2)sc1CCC(=O)O. The molecule has 0 amide bonds. The molecule has 0 saturated heterocycles. The molecular weight excluding hydrogens is 286 g/mol. The van der Waals surface area contributed by atoms with Crippen LogP contribution in [0.25, 0.3) is 10.6 Å². The van der Waals surface area contributed by atoms with E-state index >= 15 is 0 Å². The van der Waals surface area contributed by atoms with Gasteiger partial charge in [0.1, 0.15) is 10.8 Å². The van der Waals surface area contributed by atoms with Gasteiger partial charge in [0.2, 0.25) is 0 Å². The maximum atomic E-state index is 10.8. The van der Waals surface area contributed by atoms with E-state index < -0.39 is 5.97 Å². The zero-order chi connectivity index (χ0) is 15.2. The van der Waals surface area contributed by atoms with Crippen LogP contribution in [0.4, 0.5) is 0 Å². The van der Waals surface area contributed by atoms with Crippen LogP contribution in [0.5, 0.6) is 5.75 Å². The molecule has 112 valence electrons. The van der Waals surface area contributed by atoms with E-state index in [-0.39, 0.29) is 6.42 Å². The van der Waals surface area contributed by atoms with Gasteiger partial charge in [-0.1, -0.05) is 25.5 Å². The second-order valence-corrected chi connectivity index (χ2v) is 5.85. The second kappa shape index (κ2) is 7.22. The Kier molecular flexibility index (Phi) is 5.33. The Labute approximate surface area is 128 Å². The number of hydrogen-bond acceptors (Lipinski definition) is 4. The van der Waals surface area contributed by atoms with Crippen LogP contribution in [0, 0.1) is 0 Å². The van der Waals surface area contributed by atoms with Gasteiger partial charge in [-0.3, -0.25) is 4.79 Å². The molecule has 4 nitrogen and oxygen atoms in total. The van der Waals surface area contributed by atoms with Crippen molar-refractivity contribution < 1.29 is 14.6 Å². The number of carboxylic acids is 1. The van der Waals surface area contributed by atoms with Gasteiger partial charge in [-0.2, -0.15) is 0 Å². The summed E-state index contributed by atoms with van der Waals surface area (Å²) in [5.74, 6) is 0.0283. The average molecular weight is 305 g/mol. The van der Waals surface area contributed by atoms with Crippen LogP contribution in [-0.2, 0) is 17.6 Å². The van der Waals surface area contributed by atoms with E-state index in [9.17, 15) is 4.79 Å². The number of carboxylic acid groups (broad SMARTS) is 1. The Bertz CT molecular complexity index is 622. The van der Waals surface area contributed by atoms with Crippen molar-refractivity contribution in [2.45, 2.75) is 32.6 Å². The normalized spacial score (nSPS) is 10.6. The molecule has 21 heavy (non-hydrogen) atoms.